The zero-order chi connectivity index (χ0) is 20.6. The van der Waals surface area contributed by atoms with Gasteiger partial charge in [-0.1, -0.05) is 26.8 Å². The van der Waals surface area contributed by atoms with Crippen LogP contribution in [0.4, 0.5) is 17.6 Å². The fraction of sp³-hybridized carbons (Fsp3) is 0.556. The smallest absolute Gasteiger partial charge is 0.347 e. The van der Waals surface area contributed by atoms with Crippen LogP contribution in [0.15, 0.2) is 18.2 Å². The van der Waals surface area contributed by atoms with Crippen LogP contribution in [-0.2, 0) is 15.8 Å². The monoisotopic (exact) mass is 389 g/mol. The van der Waals surface area contributed by atoms with E-state index < -0.39 is 47.1 Å². The van der Waals surface area contributed by atoms with Gasteiger partial charge in [-0.3, -0.25) is 14.9 Å². The molecular weight excluding hydrogens is 366 g/mol. The summed E-state index contributed by atoms with van der Waals surface area (Å²) in [6.07, 6.45) is -5.24. The van der Waals surface area contributed by atoms with Gasteiger partial charge in [0.15, 0.2) is 0 Å². The Morgan fingerprint density at radius 2 is 1.89 bits per heavy atom. The standard InChI is InChI=1S/C18H23F4N3O2/c1-9-23-13(8-14(26)24-9)16(27)25-15(17(2,3)4)10-5-6-11(12(19)7-10)18(20,21)22/h5-7,9,13,15,23H,8H2,1-4H3,(H,24,26)(H,25,27)/t9?,13?,15-/m0/s1. The molecule has 1 saturated heterocycles. The molecule has 0 radical (unpaired) electrons. The summed E-state index contributed by atoms with van der Waals surface area (Å²) in [5.41, 5.74) is -1.75. The first-order chi connectivity index (χ1) is 12.3. The summed E-state index contributed by atoms with van der Waals surface area (Å²) in [7, 11) is 0. The molecule has 2 amide bonds. The number of halogens is 4. The molecule has 1 aromatic rings. The summed E-state index contributed by atoms with van der Waals surface area (Å²) in [6, 6.07) is 1.10. The molecule has 0 saturated carbocycles. The van der Waals surface area contributed by atoms with Crippen molar-refractivity contribution in [3.63, 3.8) is 0 Å². The highest BCUT2D eigenvalue weighted by atomic mass is 19.4. The third-order valence-corrected chi connectivity index (χ3v) is 4.32. The second kappa shape index (κ2) is 7.46. The molecule has 1 fully saturated rings. The lowest BCUT2D eigenvalue weighted by Gasteiger charge is -2.35. The van der Waals surface area contributed by atoms with E-state index in [2.05, 4.69) is 16.0 Å². The van der Waals surface area contributed by atoms with Crippen LogP contribution in [0, 0.1) is 11.2 Å². The Balaban J connectivity index is 2.27. The molecule has 5 nitrogen and oxygen atoms in total. The first-order valence-corrected chi connectivity index (χ1v) is 8.51. The van der Waals surface area contributed by atoms with Crippen LogP contribution in [0.1, 0.15) is 51.3 Å². The minimum absolute atomic E-state index is 0.0611. The average Bonchev–Trinajstić information content (AvgIpc) is 2.48. The summed E-state index contributed by atoms with van der Waals surface area (Å²) < 4.78 is 52.3. The summed E-state index contributed by atoms with van der Waals surface area (Å²) in [5, 5.41) is 8.29. The molecule has 1 aromatic carbocycles. The number of hydrogen-bond donors (Lipinski definition) is 3. The fourth-order valence-corrected chi connectivity index (χ4v) is 3.04. The van der Waals surface area contributed by atoms with Gasteiger partial charge < -0.3 is 10.6 Å². The van der Waals surface area contributed by atoms with E-state index in [1.54, 1.807) is 27.7 Å². The zero-order valence-electron chi connectivity index (χ0n) is 15.5. The van der Waals surface area contributed by atoms with Crippen molar-refractivity contribution < 1.29 is 27.2 Å². The highest BCUT2D eigenvalue weighted by molar-refractivity contribution is 5.89. The molecule has 0 aliphatic carbocycles. The molecule has 0 bridgehead atoms. The van der Waals surface area contributed by atoms with E-state index in [-0.39, 0.29) is 17.9 Å². The first kappa shape index (κ1) is 21.1. The minimum atomic E-state index is -4.79. The van der Waals surface area contributed by atoms with Crippen molar-refractivity contribution in [2.75, 3.05) is 0 Å². The van der Waals surface area contributed by atoms with E-state index >= 15 is 0 Å². The summed E-state index contributed by atoms with van der Waals surface area (Å²) >= 11 is 0. The van der Waals surface area contributed by atoms with Crippen LogP contribution in [0.25, 0.3) is 0 Å². The number of amides is 2. The van der Waals surface area contributed by atoms with Crippen LogP contribution in [0.5, 0.6) is 0 Å². The van der Waals surface area contributed by atoms with Crippen LogP contribution in [0.2, 0.25) is 0 Å². The number of hydrogen-bond acceptors (Lipinski definition) is 3. The Morgan fingerprint density at radius 3 is 2.37 bits per heavy atom. The maximum atomic E-state index is 14.0. The lowest BCUT2D eigenvalue weighted by atomic mass is 9.81. The maximum absolute atomic E-state index is 14.0. The van der Waals surface area contributed by atoms with Gasteiger partial charge in [0.1, 0.15) is 5.82 Å². The lowest BCUT2D eigenvalue weighted by Crippen LogP contribution is -2.60. The lowest BCUT2D eigenvalue weighted by molar-refractivity contribution is -0.140. The van der Waals surface area contributed by atoms with Crippen molar-refractivity contribution in [3.8, 4) is 0 Å². The Morgan fingerprint density at radius 1 is 1.26 bits per heavy atom. The fourth-order valence-electron chi connectivity index (χ4n) is 3.04. The van der Waals surface area contributed by atoms with Crippen LogP contribution in [-0.4, -0.2) is 24.0 Å². The van der Waals surface area contributed by atoms with E-state index in [1.165, 1.54) is 0 Å². The van der Waals surface area contributed by atoms with E-state index in [4.69, 9.17) is 0 Å². The first-order valence-electron chi connectivity index (χ1n) is 8.51. The number of rotatable bonds is 3. The number of carbonyl (C=O) groups is 2. The van der Waals surface area contributed by atoms with Gasteiger partial charge in [0.25, 0.3) is 0 Å². The van der Waals surface area contributed by atoms with Crippen LogP contribution >= 0.6 is 0 Å². The Hall–Kier alpha value is -2.16. The van der Waals surface area contributed by atoms with E-state index in [1.807, 2.05) is 0 Å². The molecule has 2 unspecified atom stereocenters. The van der Waals surface area contributed by atoms with Crippen LogP contribution < -0.4 is 16.0 Å². The molecule has 0 aromatic heterocycles. The molecule has 9 heteroatoms. The summed E-state index contributed by atoms with van der Waals surface area (Å²) in [5.74, 6) is -2.15. The third kappa shape index (κ3) is 5.18. The second-order valence-corrected chi connectivity index (χ2v) is 7.76. The van der Waals surface area contributed by atoms with Gasteiger partial charge in [-0.25, -0.2) is 4.39 Å². The predicted molar refractivity (Wildman–Crippen MR) is 90.9 cm³/mol. The molecule has 1 aliphatic heterocycles. The zero-order valence-corrected chi connectivity index (χ0v) is 15.5. The van der Waals surface area contributed by atoms with Crippen molar-refractivity contribution in [1.82, 2.24) is 16.0 Å². The van der Waals surface area contributed by atoms with Gasteiger partial charge >= 0.3 is 6.18 Å². The number of alkyl halides is 3. The van der Waals surface area contributed by atoms with Gasteiger partial charge in [0.2, 0.25) is 11.8 Å². The molecule has 3 atom stereocenters. The van der Waals surface area contributed by atoms with Crippen molar-refractivity contribution in [2.24, 2.45) is 5.41 Å². The SMILES string of the molecule is CC1NC(=O)CC(C(=O)N[C@@H](c2ccc(C(F)(F)F)c(F)c2)C(C)(C)C)N1. The normalized spacial score (nSPS) is 22.1. The molecule has 1 aliphatic rings. The highest BCUT2D eigenvalue weighted by Crippen LogP contribution is 2.36. The van der Waals surface area contributed by atoms with Gasteiger partial charge in [0, 0.05) is 0 Å². The van der Waals surface area contributed by atoms with Gasteiger partial charge in [0.05, 0.1) is 30.2 Å². The van der Waals surface area contributed by atoms with Crippen molar-refractivity contribution >= 4 is 11.8 Å². The molecule has 0 spiro atoms. The van der Waals surface area contributed by atoms with E-state index in [0.29, 0.717) is 6.07 Å². The number of benzene rings is 1. The second-order valence-electron chi connectivity index (χ2n) is 7.76. The molecule has 1 heterocycles. The molecule has 150 valence electrons. The van der Waals surface area contributed by atoms with E-state index in [9.17, 15) is 27.2 Å². The average molecular weight is 389 g/mol. The third-order valence-electron chi connectivity index (χ3n) is 4.32. The Bertz CT molecular complexity index is 728. The van der Waals surface area contributed by atoms with E-state index in [0.717, 1.165) is 12.1 Å². The van der Waals surface area contributed by atoms with Gasteiger partial charge in [-0.15, -0.1) is 0 Å². The quantitative estimate of drug-likeness (QED) is 0.697. The predicted octanol–water partition coefficient (Wildman–Crippen LogP) is 2.87. The summed E-state index contributed by atoms with van der Waals surface area (Å²) in [6.45, 7) is 7.01. The van der Waals surface area contributed by atoms with Crippen LogP contribution in [0.3, 0.4) is 0 Å². The van der Waals surface area contributed by atoms with Crippen molar-refractivity contribution in [3.05, 3.63) is 35.1 Å². The molecule has 3 N–H and O–H groups in total. The van der Waals surface area contributed by atoms with Crippen molar-refractivity contribution in [1.29, 1.82) is 0 Å². The minimum Gasteiger partial charge on any atom is -0.347 e. The summed E-state index contributed by atoms with van der Waals surface area (Å²) in [4.78, 5) is 24.2. The molecular formula is C18H23F4N3O2. The highest BCUT2D eigenvalue weighted by Gasteiger charge is 2.37. The van der Waals surface area contributed by atoms with Crippen molar-refractivity contribution in [2.45, 2.75) is 58.5 Å². The topological polar surface area (TPSA) is 70.2 Å². The number of carbonyl (C=O) groups excluding carboxylic acids is 2. The number of nitrogens with one attached hydrogen (secondary N) is 3. The molecule has 27 heavy (non-hydrogen) atoms. The Kier molecular flexibility index (Phi) is 5.84. The van der Waals surface area contributed by atoms with Gasteiger partial charge in [-0.05, 0) is 30.0 Å². The largest absolute Gasteiger partial charge is 0.419 e. The van der Waals surface area contributed by atoms with Gasteiger partial charge in [-0.2, -0.15) is 13.2 Å². The molecule has 2 rings (SSSR count). The Labute approximate surface area is 154 Å². The maximum Gasteiger partial charge on any atom is 0.419 e.